The zero-order valence-corrected chi connectivity index (χ0v) is 27.4. The molecule has 2 bridgehead atoms. The molecule has 1 aromatic heterocycles. The van der Waals surface area contributed by atoms with Crippen LogP contribution in [0.3, 0.4) is 0 Å². The van der Waals surface area contributed by atoms with Gasteiger partial charge in [0.05, 0.1) is 11.4 Å². The molecule has 4 heterocycles. The third-order valence-electron chi connectivity index (χ3n) is 9.40. The first kappa shape index (κ1) is 30.7. The highest BCUT2D eigenvalue weighted by atomic mass is 16.7. The van der Waals surface area contributed by atoms with Crippen LogP contribution in [0.4, 0.5) is 26.8 Å². The van der Waals surface area contributed by atoms with E-state index in [4.69, 9.17) is 14.6 Å². The predicted molar refractivity (Wildman–Crippen MR) is 183 cm³/mol. The Balaban J connectivity index is 0.975. The fourth-order valence-corrected chi connectivity index (χ4v) is 7.06. The van der Waals surface area contributed by atoms with Crippen molar-refractivity contribution in [1.82, 2.24) is 14.7 Å². The summed E-state index contributed by atoms with van der Waals surface area (Å²) in [5.74, 6) is 2.43. The first-order chi connectivity index (χ1) is 22.6. The lowest BCUT2D eigenvalue weighted by molar-refractivity contribution is 0.131. The van der Waals surface area contributed by atoms with E-state index in [9.17, 15) is 9.59 Å². The molecule has 4 aromatic rings. The van der Waals surface area contributed by atoms with Crippen LogP contribution < -0.4 is 25.4 Å². The van der Waals surface area contributed by atoms with E-state index in [0.29, 0.717) is 28.9 Å². The molecule has 0 radical (unpaired) electrons. The Morgan fingerprint density at radius 2 is 1.57 bits per heavy atom. The van der Waals surface area contributed by atoms with E-state index >= 15 is 0 Å². The fourth-order valence-electron chi connectivity index (χ4n) is 7.06. The van der Waals surface area contributed by atoms with Crippen LogP contribution >= 0.6 is 0 Å². The number of benzene rings is 3. The van der Waals surface area contributed by atoms with Gasteiger partial charge in [-0.05, 0) is 86.9 Å². The van der Waals surface area contributed by atoms with Crippen molar-refractivity contribution in [1.29, 1.82) is 0 Å². The van der Waals surface area contributed by atoms with Crippen molar-refractivity contribution in [2.24, 2.45) is 5.92 Å². The first-order valence-electron chi connectivity index (χ1n) is 16.4. The van der Waals surface area contributed by atoms with Crippen molar-refractivity contribution in [2.75, 3.05) is 22.7 Å². The standard InChI is InChI=1S/C37H42N6O4/c1-23-8-11-28(12-9-23)43-34(21-33(41-43)37(2,3)4)40-35(44)38-26-7-5-6-24(17-26)16-25-18-29-13-14-30(19-25)42(29)36(45)39-27-10-15-31-32(20-27)47-22-46-31/h5-12,15,17,20-21,25,29-30H,13-14,16,18-19,22H2,1-4H3,(H,39,45)(H2,38,40,44). The summed E-state index contributed by atoms with van der Waals surface area (Å²) in [7, 11) is 0. The largest absolute Gasteiger partial charge is 0.454 e. The highest BCUT2D eigenvalue weighted by Gasteiger charge is 2.43. The lowest BCUT2D eigenvalue weighted by atomic mass is 9.86. The molecule has 2 atom stereocenters. The van der Waals surface area contributed by atoms with E-state index in [1.54, 1.807) is 4.68 Å². The maximum absolute atomic E-state index is 13.3. The SMILES string of the molecule is Cc1ccc(-n2nc(C(C)(C)C)cc2NC(=O)Nc2cccc(CC3CC4CCC(C3)N4C(=O)Nc3ccc4c(c3)OCO4)c2)cc1. The third kappa shape index (κ3) is 6.63. The van der Waals surface area contributed by atoms with Crippen LogP contribution in [0.25, 0.3) is 5.69 Å². The number of anilines is 3. The molecule has 2 fully saturated rings. The molecular formula is C37H42N6O4. The minimum Gasteiger partial charge on any atom is -0.454 e. The number of urea groups is 2. The summed E-state index contributed by atoms with van der Waals surface area (Å²) in [6.07, 6.45) is 4.86. The van der Waals surface area contributed by atoms with Gasteiger partial charge < -0.3 is 25.0 Å². The molecule has 2 saturated heterocycles. The Hall–Kier alpha value is -4.99. The summed E-state index contributed by atoms with van der Waals surface area (Å²) in [6, 6.07) is 23.6. The summed E-state index contributed by atoms with van der Waals surface area (Å²) in [5, 5.41) is 13.9. The molecule has 3 aromatic carbocycles. The molecule has 244 valence electrons. The van der Waals surface area contributed by atoms with Gasteiger partial charge in [-0.2, -0.15) is 5.10 Å². The van der Waals surface area contributed by atoms with Crippen molar-refractivity contribution < 1.29 is 19.1 Å². The number of nitrogens with zero attached hydrogens (tertiary/aromatic N) is 3. The monoisotopic (exact) mass is 634 g/mol. The highest BCUT2D eigenvalue weighted by molar-refractivity contribution is 5.99. The minimum absolute atomic E-state index is 0.0506. The maximum atomic E-state index is 13.3. The summed E-state index contributed by atoms with van der Waals surface area (Å²) in [4.78, 5) is 28.6. The van der Waals surface area contributed by atoms with Gasteiger partial charge in [-0.15, -0.1) is 0 Å². The minimum atomic E-state index is -0.323. The molecule has 0 aliphatic carbocycles. The molecule has 0 spiro atoms. The van der Waals surface area contributed by atoms with Gasteiger partial charge in [-0.25, -0.2) is 14.3 Å². The smallest absolute Gasteiger partial charge is 0.324 e. The molecule has 4 amide bonds. The number of fused-ring (bicyclic) bond motifs is 3. The number of hydrogen-bond donors (Lipinski definition) is 3. The van der Waals surface area contributed by atoms with Crippen LogP contribution in [0.5, 0.6) is 11.5 Å². The Bertz CT molecular complexity index is 1780. The average Bonchev–Trinajstić information content (AvgIpc) is 3.74. The number of aromatic nitrogens is 2. The molecular weight excluding hydrogens is 592 g/mol. The Labute approximate surface area is 275 Å². The van der Waals surface area contributed by atoms with Crippen molar-refractivity contribution in [3.8, 4) is 17.2 Å². The normalized spacial score (nSPS) is 19.8. The van der Waals surface area contributed by atoms with Crippen LogP contribution in [-0.2, 0) is 11.8 Å². The molecule has 47 heavy (non-hydrogen) atoms. The van der Waals surface area contributed by atoms with Gasteiger partial charge in [0.15, 0.2) is 11.5 Å². The summed E-state index contributed by atoms with van der Waals surface area (Å²) >= 11 is 0. The average molecular weight is 635 g/mol. The van der Waals surface area contributed by atoms with E-state index in [0.717, 1.165) is 54.7 Å². The number of carbonyl (C=O) groups is 2. The maximum Gasteiger partial charge on any atom is 0.324 e. The van der Waals surface area contributed by atoms with Gasteiger partial charge in [0.2, 0.25) is 6.79 Å². The van der Waals surface area contributed by atoms with Crippen LogP contribution in [0.1, 0.15) is 63.3 Å². The van der Waals surface area contributed by atoms with Gasteiger partial charge in [0.25, 0.3) is 0 Å². The van der Waals surface area contributed by atoms with Crippen molar-refractivity contribution in [3.05, 3.63) is 89.6 Å². The Morgan fingerprint density at radius 1 is 0.851 bits per heavy atom. The lowest BCUT2D eigenvalue weighted by Gasteiger charge is -2.39. The lowest BCUT2D eigenvalue weighted by Crippen LogP contribution is -2.48. The zero-order chi connectivity index (χ0) is 32.7. The number of nitrogens with one attached hydrogen (secondary N) is 3. The number of aryl methyl sites for hydroxylation is 1. The third-order valence-corrected chi connectivity index (χ3v) is 9.40. The van der Waals surface area contributed by atoms with Gasteiger partial charge in [-0.1, -0.05) is 50.6 Å². The van der Waals surface area contributed by atoms with Crippen molar-refractivity contribution in [2.45, 2.75) is 77.3 Å². The van der Waals surface area contributed by atoms with E-state index in [1.165, 1.54) is 5.56 Å². The Kier molecular flexibility index (Phi) is 8.03. The number of hydrogen-bond acceptors (Lipinski definition) is 5. The number of carbonyl (C=O) groups excluding carboxylic acids is 2. The topological polar surface area (TPSA) is 110 Å². The number of rotatable bonds is 6. The molecule has 3 aliphatic heterocycles. The van der Waals surface area contributed by atoms with E-state index in [2.05, 4.69) is 53.8 Å². The molecule has 3 aliphatic rings. The van der Waals surface area contributed by atoms with E-state index < -0.39 is 0 Å². The second-order valence-corrected chi connectivity index (χ2v) is 14.0. The summed E-state index contributed by atoms with van der Waals surface area (Å²) in [6.45, 7) is 8.57. The van der Waals surface area contributed by atoms with Crippen molar-refractivity contribution in [3.63, 3.8) is 0 Å². The molecule has 3 N–H and O–H groups in total. The van der Waals surface area contributed by atoms with Gasteiger partial charge in [0.1, 0.15) is 5.82 Å². The fraction of sp³-hybridized carbons (Fsp3) is 0.378. The highest BCUT2D eigenvalue weighted by Crippen LogP contribution is 2.41. The van der Waals surface area contributed by atoms with Gasteiger partial charge >= 0.3 is 12.1 Å². The van der Waals surface area contributed by atoms with Crippen LogP contribution in [0, 0.1) is 12.8 Å². The van der Waals surface area contributed by atoms with Crippen LogP contribution in [0.2, 0.25) is 0 Å². The number of piperidine rings is 1. The van der Waals surface area contributed by atoms with Crippen LogP contribution in [-0.4, -0.2) is 45.6 Å². The molecule has 0 saturated carbocycles. The van der Waals surface area contributed by atoms with E-state index in [1.807, 2.05) is 67.6 Å². The molecule has 7 rings (SSSR count). The van der Waals surface area contributed by atoms with Gasteiger partial charge in [-0.3, -0.25) is 5.32 Å². The molecule has 2 unspecified atom stereocenters. The zero-order valence-electron chi connectivity index (χ0n) is 27.4. The molecule has 10 nitrogen and oxygen atoms in total. The van der Waals surface area contributed by atoms with Crippen molar-refractivity contribution >= 4 is 29.3 Å². The quantitative estimate of drug-likeness (QED) is 0.200. The molecule has 10 heteroatoms. The first-order valence-corrected chi connectivity index (χ1v) is 16.4. The Morgan fingerprint density at radius 3 is 2.32 bits per heavy atom. The predicted octanol–water partition coefficient (Wildman–Crippen LogP) is 7.87. The second kappa shape index (κ2) is 12.3. The van der Waals surface area contributed by atoms with E-state index in [-0.39, 0.29) is 36.4 Å². The summed E-state index contributed by atoms with van der Waals surface area (Å²) < 4.78 is 12.6. The van der Waals surface area contributed by atoms with Crippen LogP contribution in [0.15, 0.2) is 72.8 Å². The number of ether oxygens (including phenoxy) is 2. The van der Waals surface area contributed by atoms with Gasteiger partial charge in [0, 0.05) is 41.0 Å². The summed E-state index contributed by atoms with van der Waals surface area (Å²) in [5.41, 5.74) is 5.37. The second-order valence-electron chi connectivity index (χ2n) is 14.0. The number of amides is 4.